The van der Waals surface area contributed by atoms with Crippen LogP contribution in [0.2, 0.25) is 0 Å². The van der Waals surface area contributed by atoms with E-state index in [0.717, 1.165) is 44.5 Å². The molecule has 1 atom stereocenters. The number of pyridine rings is 1. The zero-order valence-electron chi connectivity index (χ0n) is 23.6. The van der Waals surface area contributed by atoms with Crippen molar-refractivity contribution in [1.82, 2.24) is 15.1 Å². The zero-order chi connectivity index (χ0) is 27.2. The van der Waals surface area contributed by atoms with Crippen molar-refractivity contribution >= 4 is 24.2 Å². The Morgan fingerprint density at radius 2 is 1.77 bits per heavy atom. The fourth-order valence-corrected chi connectivity index (χ4v) is 6.56. The molecule has 2 saturated heterocycles. The highest BCUT2D eigenvalue weighted by Gasteiger charge is 2.53. The summed E-state index contributed by atoms with van der Waals surface area (Å²) in [6.45, 7) is 5.11. The van der Waals surface area contributed by atoms with Crippen molar-refractivity contribution in [3.63, 3.8) is 0 Å². The summed E-state index contributed by atoms with van der Waals surface area (Å²) in [7, 11) is 0. The van der Waals surface area contributed by atoms with Gasteiger partial charge in [-0.2, -0.15) is 4.73 Å². The molecule has 1 saturated carbocycles. The van der Waals surface area contributed by atoms with Crippen LogP contribution < -0.4 is 14.8 Å². The van der Waals surface area contributed by atoms with E-state index in [2.05, 4.69) is 17.1 Å². The van der Waals surface area contributed by atoms with Gasteiger partial charge in [-0.1, -0.05) is 57.6 Å². The van der Waals surface area contributed by atoms with E-state index in [-0.39, 0.29) is 30.3 Å². The summed E-state index contributed by atoms with van der Waals surface area (Å²) in [5.41, 5.74) is 0.433. The van der Waals surface area contributed by atoms with Gasteiger partial charge in [0, 0.05) is 32.2 Å². The van der Waals surface area contributed by atoms with Crippen molar-refractivity contribution < 1.29 is 19.1 Å². The number of amides is 2. The molecule has 0 bridgehead atoms. The first-order valence-electron chi connectivity index (χ1n) is 14.8. The molecule has 218 valence electrons. The van der Waals surface area contributed by atoms with E-state index in [1.54, 1.807) is 12.1 Å². The molecule has 3 heterocycles. The Kier molecular flexibility index (Phi) is 10.3. The molecule has 3 fully saturated rings. The average molecular weight is 571 g/mol. The van der Waals surface area contributed by atoms with Gasteiger partial charge in [0.2, 0.25) is 18.0 Å². The second-order valence-corrected chi connectivity index (χ2v) is 11.6. The van der Waals surface area contributed by atoms with Gasteiger partial charge in [0.05, 0.1) is 0 Å². The Bertz CT molecular complexity index is 1130. The van der Waals surface area contributed by atoms with Crippen LogP contribution in [0.4, 0.5) is 0 Å². The van der Waals surface area contributed by atoms with Crippen molar-refractivity contribution in [1.29, 1.82) is 0 Å². The summed E-state index contributed by atoms with van der Waals surface area (Å²) in [6, 6.07) is 10.9. The maximum atomic E-state index is 13.7. The topological polar surface area (TPSA) is 88.8 Å². The van der Waals surface area contributed by atoms with Crippen molar-refractivity contribution in [3.8, 4) is 11.5 Å². The number of unbranched alkanes of at least 4 members (excludes halogenated alkanes) is 1. The Morgan fingerprint density at radius 3 is 2.45 bits per heavy atom. The highest BCUT2D eigenvalue weighted by molar-refractivity contribution is 6.00. The molecule has 1 N–H and O–H groups in total. The molecule has 8 nitrogen and oxygen atoms in total. The Balaban J connectivity index is 0.00000370. The summed E-state index contributed by atoms with van der Waals surface area (Å²) in [5.74, 6) is 1.91. The summed E-state index contributed by atoms with van der Waals surface area (Å²) < 4.78 is 6.50. The molecule has 0 unspecified atom stereocenters. The predicted molar refractivity (Wildman–Crippen MR) is 156 cm³/mol. The minimum atomic E-state index is -0.725. The smallest absolute Gasteiger partial charge is 0.246 e. The third kappa shape index (κ3) is 6.89. The first kappa shape index (κ1) is 30.1. The Labute approximate surface area is 244 Å². The maximum Gasteiger partial charge on any atom is 0.246 e. The number of rotatable bonds is 9. The molecular formula is C31H43ClN4O4. The van der Waals surface area contributed by atoms with E-state index >= 15 is 0 Å². The van der Waals surface area contributed by atoms with Crippen LogP contribution in [0.3, 0.4) is 0 Å². The maximum absolute atomic E-state index is 13.7. The van der Waals surface area contributed by atoms with Gasteiger partial charge in [-0.3, -0.25) is 14.5 Å². The highest BCUT2D eigenvalue weighted by Crippen LogP contribution is 2.36. The van der Waals surface area contributed by atoms with Crippen molar-refractivity contribution in [2.24, 2.45) is 5.92 Å². The lowest BCUT2D eigenvalue weighted by Crippen LogP contribution is -2.73. The molecule has 40 heavy (non-hydrogen) atoms. The summed E-state index contributed by atoms with van der Waals surface area (Å²) >= 11 is 0. The van der Waals surface area contributed by atoms with Gasteiger partial charge in [-0.25, -0.2) is 0 Å². The number of likely N-dealkylation sites (tertiary alicyclic amines) is 1. The van der Waals surface area contributed by atoms with Crippen LogP contribution in [-0.4, -0.2) is 52.8 Å². The minimum Gasteiger partial charge on any atom is -0.619 e. The molecule has 9 heteroatoms. The van der Waals surface area contributed by atoms with Crippen molar-refractivity contribution in [2.45, 2.75) is 89.3 Å². The third-order valence-corrected chi connectivity index (χ3v) is 8.83. The quantitative estimate of drug-likeness (QED) is 0.340. The monoisotopic (exact) mass is 570 g/mol. The Hall–Kier alpha value is -2.84. The predicted octanol–water partition coefficient (Wildman–Crippen LogP) is 4.97. The number of halogens is 1. The van der Waals surface area contributed by atoms with Gasteiger partial charge in [0.25, 0.3) is 0 Å². The number of piperidine rings is 1. The summed E-state index contributed by atoms with van der Waals surface area (Å²) in [6.07, 6.45) is 13.0. The van der Waals surface area contributed by atoms with Crippen LogP contribution in [-0.2, 0) is 16.1 Å². The molecule has 2 aromatic rings. The lowest BCUT2D eigenvalue weighted by atomic mass is 9.79. The molecule has 1 aromatic carbocycles. The molecule has 0 radical (unpaired) electrons. The largest absolute Gasteiger partial charge is 0.619 e. The second-order valence-electron chi connectivity index (χ2n) is 11.6. The first-order valence-corrected chi connectivity index (χ1v) is 14.8. The van der Waals surface area contributed by atoms with E-state index in [9.17, 15) is 14.8 Å². The van der Waals surface area contributed by atoms with Gasteiger partial charge in [-0.05, 0) is 55.4 Å². The van der Waals surface area contributed by atoms with Gasteiger partial charge in [0.15, 0.2) is 11.9 Å². The normalized spacial score (nSPS) is 21.6. The van der Waals surface area contributed by atoms with Crippen LogP contribution in [0.25, 0.3) is 0 Å². The van der Waals surface area contributed by atoms with Crippen LogP contribution in [0, 0.1) is 11.1 Å². The third-order valence-electron chi connectivity index (χ3n) is 8.83. The van der Waals surface area contributed by atoms with Gasteiger partial charge in [-0.15, -0.1) is 12.4 Å². The van der Waals surface area contributed by atoms with Crippen LogP contribution in [0.5, 0.6) is 11.5 Å². The lowest BCUT2D eigenvalue weighted by molar-refractivity contribution is -0.605. The van der Waals surface area contributed by atoms with E-state index in [1.807, 2.05) is 29.2 Å². The number of benzene rings is 1. The second kappa shape index (κ2) is 13.7. The van der Waals surface area contributed by atoms with E-state index < -0.39 is 5.54 Å². The van der Waals surface area contributed by atoms with Crippen LogP contribution >= 0.6 is 12.4 Å². The molecule has 5 rings (SSSR count). The SMILES string of the molecule is CCCCN1C(=O)[C@H](CC2CCCCC2)NC(=O)C12CCN(Cc1ccc(Oc3ccc[n+]([O-])c3)cc1)CC2.Cl. The van der Waals surface area contributed by atoms with Crippen LogP contribution in [0.1, 0.15) is 76.7 Å². The standard InChI is InChI=1S/C31H42N4O4.ClH/c1-2-3-18-35-29(36)28(21-24-8-5-4-6-9-24)32-30(37)31(35)15-19-33(20-16-31)22-25-11-13-26(14-12-25)39-27-10-7-17-34(38)23-27;/h7,10-14,17,23-24,28H,2-6,8-9,15-16,18-22H2,1H3,(H,32,37);1H/t28-;/m0./s1. The number of carbonyl (C=O) groups excluding carboxylic acids is 2. The number of hydrogen-bond donors (Lipinski definition) is 1. The molecule has 1 aliphatic carbocycles. The van der Waals surface area contributed by atoms with Gasteiger partial charge >= 0.3 is 0 Å². The van der Waals surface area contributed by atoms with E-state index in [0.29, 0.717) is 41.5 Å². The fraction of sp³-hybridized carbons (Fsp3) is 0.581. The molecule has 2 amide bonds. The van der Waals surface area contributed by atoms with Gasteiger partial charge < -0.3 is 20.2 Å². The first-order chi connectivity index (χ1) is 19.0. The summed E-state index contributed by atoms with van der Waals surface area (Å²) in [4.78, 5) is 31.7. The number of carbonyl (C=O) groups is 2. The Morgan fingerprint density at radius 1 is 1.05 bits per heavy atom. The number of hydrogen-bond acceptors (Lipinski definition) is 5. The summed E-state index contributed by atoms with van der Waals surface area (Å²) in [5, 5.41) is 14.7. The number of nitrogens with one attached hydrogen (secondary N) is 1. The van der Waals surface area contributed by atoms with Crippen LogP contribution in [0.15, 0.2) is 48.8 Å². The number of nitrogens with zero attached hydrogens (tertiary/aromatic N) is 3. The molecule has 1 spiro atoms. The van der Waals surface area contributed by atoms with Crippen molar-refractivity contribution in [3.05, 3.63) is 59.6 Å². The number of ether oxygens (including phenoxy) is 1. The van der Waals surface area contributed by atoms with Gasteiger partial charge in [0.1, 0.15) is 17.3 Å². The molecule has 2 aliphatic heterocycles. The average Bonchev–Trinajstić information content (AvgIpc) is 2.94. The zero-order valence-corrected chi connectivity index (χ0v) is 24.4. The number of aromatic nitrogens is 1. The minimum absolute atomic E-state index is 0. The molecule has 1 aromatic heterocycles. The van der Waals surface area contributed by atoms with E-state index in [1.165, 1.54) is 44.5 Å². The lowest BCUT2D eigenvalue weighted by Gasteiger charge is -2.52. The molecule has 3 aliphatic rings. The fourth-order valence-electron chi connectivity index (χ4n) is 6.56. The van der Waals surface area contributed by atoms with E-state index in [4.69, 9.17) is 4.74 Å². The number of piperazine rings is 1. The molecular weight excluding hydrogens is 528 g/mol. The highest BCUT2D eigenvalue weighted by atomic mass is 35.5. The van der Waals surface area contributed by atoms with Crippen molar-refractivity contribution in [2.75, 3.05) is 19.6 Å².